The lowest BCUT2D eigenvalue weighted by Gasteiger charge is -2.26. The van der Waals surface area contributed by atoms with Crippen molar-refractivity contribution >= 4 is 18.0 Å². The molecule has 1 rings (SSSR count). The van der Waals surface area contributed by atoms with E-state index in [4.69, 9.17) is 9.47 Å². The van der Waals surface area contributed by atoms with Crippen LogP contribution in [0.3, 0.4) is 0 Å². The highest BCUT2D eigenvalue weighted by atomic mass is 16.6. The molecule has 1 saturated heterocycles. The van der Waals surface area contributed by atoms with E-state index < -0.39 is 29.6 Å². The molecule has 2 atom stereocenters. The molecule has 0 aromatic carbocycles. The molecule has 24 heavy (non-hydrogen) atoms. The van der Waals surface area contributed by atoms with Gasteiger partial charge in [-0.25, -0.2) is 14.5 Å². The number of nitrogens with zero attached hydrogens (tertiary/aromatic N) is 2. The van der Waals surface area contributed by atoms with E-state index in [2.05, 4.69) is 0 Å². The van der Waals surface area contributed by atoms with Gasteiger partial charge in [0.25, 0.3) is 0 Å². The Labute approximate surface area is 144 Å². The van der Waals surface area contributed by atoms with Crippen LogP contribution in [0.1, 0.15) is 47.0 Å². The van der Waals surface area contributed by atoms with Gasteiger partial charge < -0.3 is 14.4 Å². The summed E-state index contributed by atoms with van der Waals surface area (Å²) in [5, 5.41) is 0. The molecule has 0 N–H and O–H groups in total. The molecule has 138 valence electrons. The van der Waals surface area contributed by atoms with Crippen LogP contribution in [-0.4, -0.2) is 66.7 Å². The van der Waals surface area contributed by atoms with Crippen LogP contribution in [0.4, 0.5) is 4.79 Å². The van der Waals surface area contributed by atoms with Crippen molar-refractivity contribution in [1.29, 1.82) is 0 Å². The maximum absolute atomic E-state index is 12.6. The molecule has 7 nitrogen and oxygen atoms in total. The lowest BCUT2D eigenvalue weighted by atomic mass is 10.0. The first kappa shape index (κ1) is 20.4. The number of imide groups is 1. The van der Waals surface area contributed by atoms with Gasteiger partial charge in [-0.15, -0.1) is 0 Å². The summed E-state index contributed by atoms with van der Waals surface area (Å²) < 4.78 is 10.5. The van der Waals surface area contributed by atoms with Crippen LogP contribution in [0.15, 0.2) is 0 Å². The van der Waals surface area contributed by atoms with Crippen molar-refractivity contribution in [3.05, 3.63) is 0 Å². The standard InChI is InChI=1S/C17H30N2O5/c1-7-8-9-23-15(21)13-10-12(11-18(5)6)14(20)19(13)16(22)24-17(2,3)4/h12-13H,7-11H2,1-6H3/t12?,13-/m0/s1. The molecule has 1 aliphatic heterocycles. The average molecular weight is 342 g/mol. The fourth-order valence-corrected chi connectivity index (χ4v) is 2.56. The van der Waals surface area contributed by atoms with E-state index in [-0.39, 0.29) is 12.3 Å². The van der Waals surface area contributed by atoms with Crippen LogP contribution in [0, 0.1) is 5.92 Å². The normalized spacial score (nSPS) is 21.3. The quantitative estimate of drug-likeness (QED) is 0.543. The highest BCUT2D eigenvalue weighted by molar-refractivity contribution is 6.00. The molecule has 0 spiro atoms. The molecule has 7 heteroatoms. The van der Waals surface area contributed by atoms with Crippen molar-refractivity contribution in [2.45, 2.75) is 58.6 Å². The number of carbonyl (C=O) groups excluding carboxylic acids is 3. The van der Waals surface area contributed by atoms with Crippen molar-refractivity contribution in [3.8, 4) is 0 Å². The zero-order valence-corrected chi connectivity index (χ0v) is 15.6. The summed E-state index contributed by atoms with van der Waals surface area (Å²) in [5.41, 5.74) is -0.742. The number of hydrogen-bond donors (Lipinski definition) is 0. The van der Waals surface area contributed by atoms with Gasteiger partial charge >= 0.3 is 12.1 Å². The van der Waals surface area contributed by atoms with Gasteiger partial charge in [0.05, 0.1) is 12.5 Å². The fourth-order valence-electron chi connectivity index (χ4n) is 2.56. The Morgan fingerprint density at radius 2 is 1.92 bits per heavy atom. The van der Waals surface area contributed by atoms with E-state index >= 15 is 0 Å². The molecular weight excluding hydrogens is 312 g/mol. The number of hydrogen-bond acceptors (Lipinski definition) is 6. The maximum Gasteiger partial charge on any atom is 0.417 e. The molecule has 1 heterocycles. The van der Waals surface area contributed by atoms with E-state index in [1.807, 2.05) is 25.9 Å². The molecule has 0 aromatic heterocycles. The van der Waals surface area contributed by atoms with Crippen LogP contribution in [0.2, 0.25) is 0 Å². The van der Waals surface area contributed by atoms with Crippen molar-refractivity contribution in [2.24, 2.45) is 5.92 Å². The number of rotatable bonds is 6. The number of unbranched alkanes of at least 4 members (excludes halogenated alkanes) is 1. The minimum Gasteiger partial charge on any atom is -0.464 e. The van der Waals surface area contributed by atoms with Gasteiger partial charge in [0.15, 0.2) is 0 Å². The Hall–Kier alpha value is -1.63. The Balaban J connectivity index is 2.92. The topological polar surface area (TPSA) is 76.2 Å². The van der Waals surface area contributed by atoms with Gasteiger partial charge in [-0.2, -0.15) is 0 Å². The molecule has 2 amide bonds. The predicted molar refractivity (Wildman–Crippen MR) is 89.4 cm³/mol. The highest BCUT2D eigenvalue weighted by Crippen LogP contribution is 2.28. The third kappa shape index (κ3) is 5.78. The number of likely N-dealkylation sites (tertiary alicyclic amines) is 1. The number of ether oxygens (including phenoxy) is 2. The number of carbonyl (C=O) groups is 3. The van der Waals surface area contributed by atoms with Crippen molar-refractivity contribution in [2.75, 3.05) is 27.2 Å². The summed E-state index contributed by atoms with van der Waals surface area (Å²) in [6.45, 7) is 7.91. The molecule has 0 radical (unpaired) electrons. The Morgan fingerprint density at radius 3 is 2.42 bits per heavy atom. The lowest BCUT2D eigenvalue weighted by Crippen LogP contribution is -2.46. The van der Waals surface area contributed by atoms with Gasteiger partial charge in [0, 0.05) is 6.54 Å². The van der Waals surface area contributed by atoms with Gasteiger partial charge in [-0.1, -0.05) is 13.3 Å². The van der Waals surface area contributed by atoms with Crippen molar-refractivity contribution < 1.29 is 23.9 Å². The minimum atomic E-state index is -0.908. The first-order valence-corrected chi connectivity index (χ1v) is 8.44. The third-order valence-corrected chi connectivity index (χ3v) is 3.60. The fraction of sp³-hybridized carbons (Fsp3) is 0.824. The summed E-state index contributed by atoms with van der Waals surface area (Å²) in [4.78, 5) is 40.2. The lowest BCUT2D eigenvalue weighted by molar-refractivity contribution is -0.151. The molecule has 0 aliphatic carbocycles. The monoisotopic (exact) mass is 342 g/mol. The zero-order valence-electron chi connectivity index (χ0n) is 15.6. The van der Waals surface area contributed by atoms with Gasteiger partial charge in [-0.3, -0.25) is 4.79 Å². The maximum atomic E-state index is 12.6. The first-order chi connectivity index (χ1) is 11.1. The molecule has 1 aliphatic rings. The van der Waals surface area contributed by atoms with E-state index in [0.717, 1.165) is 17.7 Å². The largest absolute Gasteiger partial charge is 0.464 e. The van der Waals surface area contributed by atoms with Crippen LogP contribution in [0.5, 0.6) is 0 Å². The van der Waals surface area contributed by atoms with Crippen LogP contribution < -0.4 is 0 Å². The molecule has 0 bridgehead atoms. The summed E-state index contributed by atoms with van der Waals surface area (Å²) in [7, 11) is 3.69. The van der Waals surface area contributed by atoms with Gasteiger partial charge in [0.1, 0.15) is 11.6 Å². The van der Waals surface area contributed by atoms with Crippen LogP contribution in [0.25, 0.3) is 0 Å². The molecule has 0 aromatic rings. The smallest absolute Gasteiger partial charge is 0.417 e. The third-order valence-electron chi connectivity index (χ3n) is 3.60. The summed E-state index contributed by atoms with van der Waals surface area (Å²) in [5.74, 6) is -1.34. The Morgan fingerprint density at radius 1 is 1.29 bits per heavy atom. The SMILES string of the molecule is CCCCOC(=O)[C@@H]1CC(CN(C)C)C(=O)N1C(=O)OC(C)(C)C. The van der Waals surface area contributed by atoms with Crippen molar-refractivity contribution in [3.63, 3.8) is 0 Å². The van der Waals surface area contributed by atoms with Gasteiger partial charge in [-0.05, 0) is 47.7 Å². The minimum absolute atomic E-state index is 0.265. The Kier molecular flexibility index (Phi) is 7.20. The van der Waals surface area contributed by atoms with Crippen LogP contribution in [-0.2, 0) is 19.1 Å². The summed E-state index contributed by atoms with van der Waals surface area (Å²) >= 11 is 0. The van der Waals surface area contributed by atoms with E-state index in [0.29, 0.717) is 13.2 Å². The van der Waals surface area contributed by atoms with Crippen LogP contribution >= 0.6 is 0 Å². The highest BCUT2D eigenvalue weighted by Gasteiger charge is 2.48. The average Bonchev–Trinajstić information content (AvgIpc) is 2.74. The molecule has 0 saturated carbocycles. The zero-order chi connectivity index (χ0) is 18.5. The number of esters is 1. The number of amides is 2. The summed E-state index contributed by atoms with van der Waals surface area (Å²) in [6, 6.07) is -0.908. The Bertz CT molecular complexity index is 470. The molecule has 1 fully saturated rings. The van der Waals surface area contributed by atoms with Crippen molar-refractivity contribution in [1.82, 2.24) is 9.80 Å². The second kappa shape index (κ2) is 8.46. The van der Waals surface area contributed by atoms with Gasteiger partial charge in [0.2, 0.25) is 5.91 Å². The first-order valence-electron chi connectivity index (χ1n) is 8.44. The van der Waals surface area contributed by atoms with E-state index in [1.165, 1.54) is 0 Å². The van der Waals surface area contributed by atoms with E-state index in [1.54, 1.807) is 20.8 Å². The second-order valence-corrected chi connectivity index (χ2v) is 7.42. The van der Waals surface area contributed by atoms with E-state index in [9.17, 15) is 14.4 Å². The molecular formula is C17H30N2O5. The second-order valence-electron chi connectivity index (χ2n) is 7.42. The molecule has 1 unspecified atom stereocenters. The summed E-state index contributed by atoms with van der Waals surface area (Å²) in [6.07, 6.45) is 1.13. The predicted octanol–water partition coefficient (Wildman–Crippen LogP) is 2.04.